The number of hydrogen-bond donors (Lipinski definition) is 2. The van der Waals surface area contributed by atoms with Crippen LogP contribution in [0.4, 0.5) is 5.69 Å². The zero-order chi connectivity index (χ0) is 23.2. The standard InChI is InChI=1S/C30H36N2O2/c33-27-13-12-24-21-26(11-10-25(24)22-27)29-6-1-2-7-30(29)31-16-3-5-23-8-14-28(15-9-23)34-20-19-32-17-4-18-32/h1-2,6-9,12-15,22,26,31,33H,3-5,10-11,16-21H2/t26-/m1/s1. The number of fused-ring (bicyclic) bond motifs is 1. The van der Waals surface area contributed by atoms with Gasteiger partial charge in [0.2, 0.25) is 0 Å². The maximum Gasteiger partial charge on any atom is 0.119 e. The summed E-state index contributed by atoms with van der Waals surface area (Å²) in [6, 6.07) is 23.2. The molecule has 1 aliphatic heterocycles. The van der Waals surface area contributed by atoms with E-state index in [1.807, 2.05) is 12.1 Å². The number of nitrogens with zero attached hydrogens (tertiary/aromatic N) is 1. The molecule has 0 bridgehead atoms. The Morgan fingerprint density at radius 3 is 2.65 bits per heavy atom. The number of benzene rings is 3. The largest absolute Gasteiger partial charge is 0.508 e. The van der Waals surface area contributed by atoms with Crippen LogP contribution in [-0.2, 0) is 19.3 Å². The van der Waals surface area contributed by atoms with Gasteiger partial charge in [0.15, 0.2) is 0 Å². The molecular weight excluding hydrogens is 420 g/mol. The lowest BCUT2D eigenvalue weighted by Gasteiger charge is -2.30. The number of para-hydroxylation sites is 1. The SMILES string of the molecule is Oc1ccc2c(c1)CC[C@@H](c1ccccc1NCCCc1ccc(OCCN3CCC3)cc1)C2. The van der Waals surface area contributed by atoms with E-state index in [-0.39, 0.29) is 0 Å². The number of aryl methyl sites for hydroxylation is 2. The second kappa shape index (κ2) is 11.0. The minimum atomic E-state index is 0.378. The predicted molar refractivity (Wildman–Crippen MR) is 139 cm³/mol. The van der Waals surface area contributed by atoms with Crippen molar-refractivity contribution in [3.63, 3.8) is 0 Å². The Bertz CT molecular complexity index is 1080. The van der Waals surface area contributed by atoms with Crippen LogP contribution in [-0.4, -0.2) is 42.8 Å². The predicted octanol–water partition coefficient (Wildman–Crippen LogP) is 5.79. The van der Waals surface area contributed by atoms with E-state index < -0.39 is 0 Å². The summed E-state index contributed by atoms with van der Waals surface area (Å²) < 4.78 is 5.88. The third kappa shape index (κ3) is 5.74. The first-order chi connectivity index (χ1) is 16.7. The number of ether oxygens (including phenoxy) is 1. The highest BCUT2D eigenvalue weighted by atomic mass is 16.5. The third-order valence-electron chi connectivity index (χ3n) is 7.32. The van der Waals surface area contributed by atoms with E-state index in [0.29, 0.717) is 11.7 Å². The van der Waals surface area contributed by atoms with Crippen LogP contribution in [0.15, 0.2) is 66.7 Å². The number of nitrogens with one attached hydrogen (secondary N) is 1. The molecule has 1 heterocycles. The minimum absolute atomic E-state index is 0.378. The van der Waals surface area contributed by atoms with Gasteiger partial charge < -0.3 is 15.2 Å². The highest BCUT2D eigenvalue weighted by molar-refractivity contribution is 5.54. The molecule has 2 N–H and O–H groups in total. The fourth-order valence-corrected chi connectivity index (χ4v) is 5.19. The Balaban J connectivity index is 1.09. The fraction of sp³-hybridized carbons (Fsp3) is 0.400. The number of aromatic hydroxyl groups is 1. The molecule has 3 aromatic carbocycles. The summed E-state index contributed by atoms with van der Waals surface area (Å²) in [5.74, 6) is 1.87. The first-order valence-electron chi connectivity index (χ1n) is 12.8. The van der Waals surface area contributed by atoms with Gasteiger partial charge in [0.1, 0.15) is 18.1 Å². The molecule has 0 radical (unpaired) electrons. The van der Waals surface area contributed by atoms with E-state index in [1.54, 1.807) is 0 Å². The average Bonchev–Trinajstić information content (AvgIpc) is 2.84. The summed E-state index contributed by atoms with van der Waals surface area (Å²) in [6.45, 7) is 5.22. The van der Waals surface area contributed by atoms with E-state index >= 15 is 0 Å². The van der Waals surface area contributed by atoms with Crippen LogP contribution < -0.4 is 10.1 Å². The molecule has 178 valence electrons. The lowest BCUT2D eigenvalue weighted by atomic mass is 9.79. The van der Waals surface area contributed by atoms with Gasteiger partial charge in [0.05, 0.1) is 0 Å². The van der Waals surface area contributed by atoms with Crippen molar-refractivity contribution in [3.8, 4) is 11.5 Å². The molecule has 0 aromatic heterocycles. The van der Waals surface area contributed by atoms with Crippen molar-refractivity contribution in [1.82, 2.24) is 4.90 Å². The topological polar surface area (TPSA) is 44.7 Å². The van der Waals surface area contributed by atoms with E-state index in [1.165, 1.54) is 47.5 Å². The van der Waals surface area contributed by atoms with Crippen LogP contribution in [0.2, 0.25) is 0 Å². The maximum atomic E-state index is 9.78. The van der Waals surface area contributed by atoms with Crippen molar-refractivity contribution < 1.29 is 9.84 Å². The second-order valence-electron chi connectivity index (χ2n) is 9.70. The number of phenols is 1. The van der Waals surface area contributed by atoms with Gasteiger partial charge in [-0.3, -0.25) is 4.90 Å². The highest BCUT2D eigenvalue weighted by Crippen LogP contribution is 2.37. The molecule has 1 saturated heterocycles. The molecule has 34 heavy (non-hydrogen) atoms. The van der Waals surface area contributed by atoms with Crippen molar-refractivity contribution in [3.05, 3.63) is 89.0 Å². The first-order valence-corrected chi connectivity index (χ1v) is 12.8. The lowest BCUT2D eigenvalue weighted by molar-refractivity contribution is 0.147. The van der Waals surface area contributed by atoms with Gasteiger partial charge in [-0.25, -0.2) is 0 Å². The monoisotopic (exact) mass is 456 g/mol. The molecular formula is C30H36N2O2. The summed E-state index contributed by atoms with van der Waals surface area (Å²) in [5.41, 5.74) is 6.71. The van der Waals surface area contributed by atoms with Crippen molar-refractivity contribution in [2.75, 3.05) is 38.1 Å². The van der Waals surface area contributed by atoms with Crippen LogP contribution in [0.3, 0.4) is 0 Å². The van der Waals surface area contributed by atoms with Gasteiger partial charge in [-0.1, -0.05) is 36.4 Å². The van der Waals surface area contributed by atoms with E-state index in [4.69, 9.17) is 4.74 Å². The molecule has 5 rings (SSSR count). The average molecular weight is 457 g/mol. The van der Waals surface area contributed by atoms with Crippen LogP contribution in [0.5, 0.6) is 11.5 Å². The van der Waals surface area contributed by atoms with Gasteiger partial charge >= 0.3 is 0 Å². The molecule has 4 heteroatoms. The Labute approximate surface area is 203 Å². The van der Waals surface area contributed by atoms with E-state index in [0.717, 1.165) is 57.6 Å². The zero-order valence-corrected chi connectivity index (χ0v) is 20.0. The number of phenolic OH excluding ortho intramolecular Hbond substituents is 1. The number of likely N-dealkylation sites (tertiary alicyclic amines) is 1. The molecule has 1 aliphatic carbocycles. The normalized spacial score (nSPS) is 17.6. The maximum absolute atomic E-state index is 9.78. The summed E-state index contributed by atoms with van der Waals surface area (Å²) in [7, 11) is 0. The number of hydrogen-bond acceptors (Lipinski definition) is 4. The minimum Gasteiger partial charge on any atom is -0.508 e. The summed E-state index contributed by atoms with van der Waals surface area (Å²) in [4.78, 5) is 2.43. The molecule has 3 aromatic rings. The Hall–Kier alpha value is -2.98. The molecule has 0 unspecified atom stereocenters. The van der Waals surface area contributed by atoms with Crippen molar-refractivity contribution in [1.29, 1.82) is 0 Å². The smallest absolute Gasteiger partial charge is 0.119 e. The van der Waals surface area contributed by atoms with Gasteiger partial charge in [0, 0.05) is 18.8 Å². The second-order valence-corrected chi connectivity index (χ2v) is 9.70. The first kappa shape index (κ1) is 22.8. The van der Waals surface area contributed by atoms with Gasteiger partial charge in [0.25, 0.3) is 0 Å². The summed E-state index contributed by atoms with van der Waals surface area (Å²) in [6.07, 6.45) is 6.68. The van der Waals surface area contributed by atoms with Gasteiger partial charge in [-0.15, -0.1) is 0 Å². The van der Waals surface area contributed by atoms with Crippen LogP contribution in [0.25, 0.3) is 0 Å². The fourth-order valence-electron chi connectivity index (χ4n) is 5.19. The Morgan fingerprint density at radius 2 is 1.82 bits per heavy atom. The molecule has 0 amide bonds. The van der Waals surface area contributed by atoms with E-state index in [9.17, 15) is 5.11 Å². The van der Waals surface area contributed by atoms with Gasteiger partial charge in [-0.05, 0) is 110 Å². The molecule has 0 spiro atoms. The molecule has 0 saturated carbocycles. The molecule has 4 nitrogen and oxygen atoms in total. The van der Waals surface area contributed by atoms with Crippen LogP contribution in [0.1, 0.15) is 47.4 Å². The lowest BCUT2D eigenvalue weighted by Crippen LogP contribution is -2.39. The Kier molecular flexibility index (Phi) is 7.35. The van der Waals surface area contributed by atoms with Crippen LogP contribution in [0, 0.1) is 0 Å². The van der Waals surface area contributed by atoms with Crippen LogP contribution >= 0.6 is 0 Å². The molecule has 1 fully saturated rings. The quantitative estimate of drug-likeness (QED) is 0.379. The van der Waals surface area contributed by atoms with Crippen molar-refractivity contribution in [2.24, 2.45) is 0 Å². The number of rotatable bonds is 10. The van der Waals surface area contributed by atoms with Gasteiger partial charge in [-0.2, -0.15) is 0 Å². The van der Waals surface area contributed by atoms with E-state index in [2.05, 4.69) is 64.8 Å². The van der Waals surface area contributed by atoms with Crippen molar-refractivity contribution >= 4 is 5.69 Å². The molecule has 2 aliphatic rings. The number of anilines is 1. The summed E-state index contributed by atoms with van der Waals surface area (Å²) >= 11 is 0. The highest BCUT2D eigenvalue weighted by Gasteiger charge is 2.22. The Morgan fingerprint density at radius 1 is 0.971 bits per heavy atom. The third-order valence-corrected chi connectivity index (χ3v) is 7.32. The summed E-state index contributed by atoms with van der Waals surface area (Å²) in [5, 5.41) is 13.5. The molecule has 1 atom stereocenters. The zero-order valence-electron chi connectivity index (χ0n) is 20.0. The van der Waals surface area contributed by atoms with Crippen molar-refractivity contribution in [2.45, 2.75) is 44.4 Å².